The molecule has 0 bridgehead atoms. The molecule has 0 saturated carbocycles. The summed E-state index contributed by atoms with van der Waals surface area (Å²) in [5.74, 6) is 0.223. The van der Waals surface area contributed by atoms with Gasteiger partial charge in [-0.2, -0.15) is 0 Å². The maximum atomic E-state index is 12.6. The first-order valence-electron chi connectivity index (χ1n) is 7.20. The Morgan fingerprint density at radius 3 is 2.52 bits per heavy atom. The summed E-state index contributed by atoms with van der Waals surface area (Å²) in [5, 5.41) is 0.913. The monoisotopic (exact) mass is 295 g/mol. The number of nitrogens with zero attached hydrogens (tertiary/aromatic N) is 1. The Kier molecular flexibility index (Phi) is 4.11. The van der Waals surface area contributed by atoms with Crippen molar-refractivity contribution in [2.75, 3.05) is 0 Å². The molecule has 3 aromatic rings. The maximum Gasteiger partial charge on any atom is 0.147 e. The van der Waals surface area contributed by atoms with Gasteiger partial charge >= 0.3 is 0 Å². The third-order valence-electron chi connectivity index (χ3n) is 3.66. The van der Waals surface area contributed by atoms with E-state index in [1.165, 1.54) is 0 Å². The summed E-state index contributed by atoms with van der Waals surface area (Å²) in [6.45, 7) is 2.06. The highest BCUT2D eigenvalue weighted by molar-refractivity contribution is 7.18. The second-order valence-corrected chi connectivity index (χ2v) is 6.21. The fraction of sp³-hybridized carbons (Fsp3) is 0.222. The minimum absolute atomic E-state index is 0.0294. The van der Waals surface area contributed by atoms with Gasteiger partial charge in [0.05, 0.1) is 16.6 Å². The van der Waals surface area contributed by atoms with Crippen LogP contribution in [0.1, 0.15) is 29.8 Å². The molecule has 0 aliphatic rings. The Balaban J connectivity index is 1.81. The van der Waals surface area contributed by atoms with Crippen LogP contribution in [0, 0.1) is 0 Å². The largest absolute Gasteiger partial charge is 0.299 e. The molecule has 1 atom stereocenters. The maximum absolute atomic E-state index is 12.6. The molecule has 2 aromatic carbocycles. The second-order valence-electron chi connectivity index (χ2n) is 5.09. The van der Waals surface area contributed by atoms with Crippen molar-refractivity contribution in [3.63, 3.8) is 0 Å². The van der Waals surface area contributed by atoms with Crippen molar-refractivity contribution in [3.05, 3.63) is 65.2 Å². The van der Waals surface area contributed by atoms with E-state index in [9.17, 15) is 4.79 Å². The molecule has 3 rings (SSSR count). The van der Waals surface area contributed by atoms with Crippen LogP contribution in [0.5, 0.6) is 0 Å². The summed E-state index contributed by atoms with van der Waals surface area (Å²) in [4.78, 5) is 17.1. The van der Waals surface area contributed by atoms with Gasteiger partial charge < -0.3 is 0 Å². The molecule has 21 heavy (non-hydrogen) atoms. The Bertz CT molecular complexity index is 715. The summed E-state index contributed by atoms with van der Waals surface area (Å²) >= 11 is 1.62. The van der Waals surface area contributed by atoms with Crippen molar-refractivity contribution in [2.24, 2.45) is 0 Å². The minimum Gasteiger partial charge on any atom is -0.299 e. The van der Waals surface area contributed by atoms with Crippen LogP contribution in [0.25, 0.3) is 10.2 Å². The topological polar surface area (TPSA) is 30.0 Å². The lowest BCUT2D eigenvalue weighted by atomic mass is 9.91. The predicted octanol–water partition coefficient (Wildman–Crippen LogP) is 4.60. The molecule has 0 amide bonds. The fourth-order valence-electron chi connectivity index (χ4n) is 2.60. The molecule has 0 aliphatic heterocycles. The van der Waals surface area contributed by atoms with Crippen molar-refractivity contribution in [3.8, 4) is 0 Å². The van der Waals surface area contributed by atoms with E-state index in [1.807, 2.05) is 48.5 Å². The molecule has 0 radical (unpaired) electrons. The third kappa shape index (κ3) is 3.03. The summed E-state index contributed by atoms with van der Waals surface area (Å²) in [5.41, 5.74) is 2.09. The van der Waals surface area contributed by atoms with Gasteiger partial charge in [-0.1, -0.05) is 49.4 Å². The first-order chi connectivity index (χ1) is 10.3. The predicted molar refractivity (Wildman–Crippen MR) is 87.8 cm³/mol. The van der Waals surface area contributed by atoms with Crippen molar-refractivity contribution >= 4 is 27.3 Å². The number of aromatic nitrogens is 1. The number of Topliss-reactive ketones (excluding diaryl/α,β-unsaturated/α-hetero) is 1. The zero-order chi connectivity index (χ0) is 14.7. The lowest BCUT2D eigenvalue weighted by Crippen LogP contribution is -2.14. The molecule has 106 valence electrons. The quantitative estimate of drug-likeness (QED) is 0.688. The number of hydrogen-bond donors (Lipinski definition) is 0. The standard InChI is InChI=1S/C18H17NOS/c1-2-14(13-8-4-3-5-9-13)16(20)12-18-19-15-10-6-7-11-17(15)21-18/h3-11,14H,2,12H2,1H3. The van der Waals surface area contributed by atoms with E-state index in [1.54, 1.807) is 11.3 Å². The van der Waals surface area contributed by atoms with E-state index in [-0.39, 0.29) is 11.7 Å². The fourth-order valence-corrected chi connectivity index (χ4v) is 3.58. The van der Waals surface area contributed by atoms with Gasteiger partial charge in [0.25, 0.3) is 0 Å². The van der Waals surface area contributed by atoms with Crippen LogP contribution in [0.2, 0.25) is 0 Å². The number of para-hydroxylation sites is 1. The van der Waals surface area contributed by atoms with Gasteiger partial charge in [-0.15, -0.1) is 11.3 Å². The molecule has 0 saturated heterocycles. The Labute approximate surface area is 128 Å². The first kappa shape index (κ1) is 14.0. The number of ketones is 1. The summed E-state index contributed by atoms with van der Waals surface area (Å²) in [6, 6.07) is 18.1. The zero-order valence-electron chi connectivity index (χ0n) is 12.0. The van der Waals surface area contributed by atoms with E-state index in [0.717, 1.165) is 27.2 Å². The molecular weight excluding hydrogens is 278 g/mol. The summed E-state index contributed by atoms with van der Waals surface area (Å²) in [7, 11) is 0. The number of benzene rings is 2. The van der Waals surface area contributed by atoms with Crippen molar-refractivity contribution in [2.45, 2.75) is 25.7 Å². The van der Waals surface area contributed by atoms with Gasteiger partial charge in [0.15, 0.2) is 0 Å². The number of rotatable bonds is 5. The molecule has 0 N–H and O–H groups in total. The van der Waals surface area contributed by atoms with Gasteiger partial charge in [-0.05, 0) is 24.1 Å². The zero-order valence-corrected chi connectivity index (χ0v) is 12.8. The third-order valence-corrected chi connectivity index (χ3v) is 4.70. The second kappa shape index (κ2) is 6.19. The van der Waals surface area contributed by atoms with Gasteiger partial charge in [0.2, 0.25) is 0 Å². The van der Waals surface area contributed by atoms with E-state index in [2.05, 4.69) is 18.0 Å². The number of carbonyl (C=O) groups is 1. The van der Waals surface area contributed by atoms with Gasteiger partial charge in [-0.3, -0.25) is 4.79 Å². The van der Waals surface area contributed by atoms with Crippen LogP contribution >= 0.6 is 11.3 Å². The normalized spacial score (nSPS) is 12.4. The molecule has 2 nitrogen and oxygen atoms in total. The van der Waals surface area contributed by atoms with Crippen molar-refractivity contribution in [1.82, 2.24) is 4.98 Å². The Morgan fingerprint density at radius 2 is 1.81 bits per heavy atom. The van der Waals surface area contributed by atoms with Crippen LogP contribution < -0.4 is 0 Å². The number of carbonyl (C=O) groups excluding carboxylic acids is 1. The van der Waals surface area contributed by atoms with Gasteiger partial charge in [0.1, 0.15) is 10.8 Å². The highest BCUT2D eigenvalue weighted by Crippen LogP contribution is 2.26. The lowest BCUT2D eigenvalue weighted by molar-refractivity contribution is -0.119. The van der Waals surface area contributed by atoms with E-state index in [0.29, 0.717) is 6.42 Å². The SMILES string of the molecule is CCC(C(=O)Cc1nc2ccccc2s1)c1ccccc1. The van der Waals surface area contributed by atoms with Gasteiger partial charge in [-0.25, -0.2) is 4.98 Å². The van der Waals surface area contributed by atoms with E-state index >= 15 is 0 Å². The molecule has 1 heterocycles. The van der Waals surface area contributed by atoms with Crippen LogP contribution in [-0.4, -0.2) is 10.8 Å². The highest BCUT2D eigenvalue weighted by Gasteiger charge is 2.20. The lowest BCUT2D eigenvalue weighted by Gasteiger charge is -2.13. The smallest absolute Gasteiger partial charge is 0.147 e. The van der Waals surface area contributed by atoms with Crippen LogP contribution in [0.15, 0.2) is 54.6 Å². The van der Waals surface area contributed by atoms with Gasteiger partial charge in [0, 0.05) is 5.92 Å². The number of hydrogen-bond acceptors (Lipinski definition) is 3. The molecule has 0 aliphatic carbocycles. The molecule has 1 aromatic heterocycles. The van der Waals surface area contributed by atoms with Crippen molar-refractivity contribution in [1.29, 1.82) is 0 Å². The summed E-state index contributed by atoms with van der Waals surface area (Å²) < 4.78 is 1.15. The van der Waals surface area contributed by atoms with E-state index in [4.69, 9.17) is 0 Å². The first-order valence-corrected chi connectivity index (χ1v) is 8.01. The molecule has 0 spiro atoms. The van der Waals surface area contributed by atoms with Crippen LogP contribution in [0.3, 0.4) is 0 Å². The molecule has 0 fully saturated rings. The Hall–Kier alpha value is -2.00. The molecule has 1 unspecified atom stereocenters. The molecule has 3 heteroatoms. The Morgan fingerprint density at radius 1 is 1.10 bits per heavy atom. The minimum atomic E-state index is -0.0294. The average Bonchev–Trinajstić information content (AvgIpc) is 2.91. The highest BCUT2D eigenvalue weighted by atomic mass is 32.1. The molecular formula is C18H17NOS. The van der Waals surface area contributed by atoms with E-state index < -0.39 is 0 Å². The number of fused-ring (bicyclic) bond motifs is 1. The summed E-state index contributed by atoms with van der Waals surface area (Å²) in [6.07, 6.45) is 1.25. The van der Waals surface area contributed by atoms with Crippen LogP contribution in [-0.2, 0) is 11.2 Å². The van der Waals surface area contributed by atoms with Crippen molar-refractivity contribution < 1.29 is 4.79 Å². The average molecular weight is 295 g/mol. The number of thiazole rings is 1. The van der Waals surface area contributed by atoms with Crippen LogP contribution in [0.4, 0.5) is 0 Å².